The molecule has 0 spiro atoms. The van der Waals surface area contributed by atoms with Gasteiger partial charge in [0, 0.05) is 17.2 Å². The molecule has 0 amide bonds. The molecular weight excluding hydrogens is 298 g/mol. The fourth-order valence-electron chi connectivity index (χ4n) is 3.78. The normalized spacial score (nSPS) is 23.2. The monoisotopic (exact) mass is 321 g/mol. The minimum Gasteiger partial charge on any atom is -0.306 e. The summed E-state index contributed by atoms with van der Waals surface area (Å²) < 4.78 is 0. The van der Waals surface area contributed by atoms with Crippen molar-refractivity contribution < 1.29 is 0 Å². The van der Waals surface area contributed by atoms with Crippen LogP contribution in [0.5, 0.6) is 0 Å². The molecule has 118 valence electrons. The Bertz CT molecular complexity index is 685. The topological polar surface area (TPSA) is 3.24 Å². The average Bonchev–Trinajstić information content (AvgIpc) is 2.73. The SMILES string of the molecule is CN1CCCC(/C=C2\c3ccccc3CSc3ccccc32)C1. The van der Waals surface area contributed by atoms with Crippen LogP contribution < -0.4 is 0 Å². The lowest BCUT2D eigenvalue weighted by Gasteiger charge is -2.28. The molecule has 0 aromatic heterocycles. The summed E-state index contributed by atoms with van der Waals surface area (Å²) in [5, 5.41) is 0. The zero-order chi connectivity index (χ0) is 15.6. The van der Waals surface area contributed by atoms with Crippen molar-refractivity contribution in [2.24, 2.45) is 5.92 Å². The molecule has 2 aliphatic heterocycles. The predicted molar refractivity (Wildman–Crippen MR) is 99.7 cm³/mol. The molecule has 23 heavy (non-hydrogen) atoms. The lowest BCUT2D eigenvalue weighted by molar-refractivity contribution is 0.238. The van der Waals surface area contributed by atoms with Crippen molar-refractivity contribution in [2.75, 3.05) is 20.1 Å². The lowest BCUT2D eigenvalue weighted by Crippen LogP contribution is -2.31. The Labute approximate surface area is 143 Å². The van der Waals surface area contributed by atoms with Crippen LogP contribution in [0.15, 0.2) is 59.5 Å². The van der Waals surface area contributed by atoms with Crippen molar-refractivity contribution in [2.45, 2.75) is 23.5 Å². The van der Waals surface area contributed by atoms with E-state index in [2.05, 4.69) is 66.6 Å². The maximum absolute atomic E-state index is 2.55. The van der Waals surface area contributed by atoms with E-state index in [1.807, 2.05) is 11.8 Å². The zero-order valence-electron chi connectivity index (χ0n) is 13.7. The van der Waals surface area contributed by atoms with Gasteiger partial charge in [0.1, 0.15) is 0 Å². The highest BCUT2D eigenvalue weighted by molar-refractivity contribution is 7.98. The number of thioether (sulfide) groups is 1. The van der Waals surface area contributed by atoms with Crippen molar-refractivity contribution in [1.29, 1.82) is 0 Å². The van der Waals surface area contributed by atoms with Crippen LogP contribution in [-0.2, 0) is 5.75 Å². The molecule has 1 nitrogen and oxygen atoms in total. The molecule has 1 fully saturated rings. The molecule has 1 atom stereocenters. The number of hydrogen-bond donors (Lipinski definition) is 0. The Morgan fingerprint density at radius 1 is 1.04 bits per heavy atom. The number of nitrogens with zero attached hydrogens (tertiary/aromatic N) is 1. The molecule has 0 aliphatic carbocycles. The van der Waals surface area contributed by atoms with Crippen molar-refractivity contribution in [3.63, 3.8) is 0 Å². The van der Waals surface area contributed by atoms with Gasteiger partial charge in [-0.2, -0.15) is 0 Å². The van der Waals surface area contributed by atoms with Crippen LogP contribution in [-0.4, -0.2) is 25.0 Å². The summed E-state index contributed by atoms with van der Waals surface area (Å²) in [6.07, 6.45) is 5.17. The third kappa shape index (κ3) is 3.11. The summed E-state index contributed by atoms with van der Waals surface area (Å²) in [7, 11) is 2.25. The van der Waals surface area contributed by atoms with E-state index >= 15 is 0 Å². The highest BCUT2D eigenvalue weighted by Crippen LogP contribution is 2.40. The molecule has 0 bridgehead atoms. The minimum absolute atomic E-state index is 0.660. The molecule has 2 heteroatoms. The molecule has 2 aromatic carbocycles. The van der Waals surface area contributed by atoms with E-state index < -0.39 is 0 Å². The van der Waals surface area contributed by atoms with Crippen LogP contribution in [0.25, 0.3) is 5.57 Å². The van der Waals surface area contributed by atoms with E-state index in [1.54, 1.807) is 0 Å². The number of fused-ring (bicyclic) bond motifs is 2. The quantitative estimate of drug-likeness (QED) is 0.722. The van der Waals surface area contributed by atoms with E-state index in [0.717, 1.165) is 5.75 Å². The molecule has 0 N–H and O–H groups in total. The maximum atomic E-state index is 2.55. The smallest absolute Gasteiger partial charge is 0.0238 e. The lowest BCUT2D eigenvalue weighted by atomic mass is 9.88. The van der Waals surface area contributed by atoms with E-state index in [0.29, 0.717) is 5.92 Å². The third-order valence-corrected chi connectivity index (χ3v) is 6.05. The van der Waals surface area contributed by atoms with E-state index in [4.69, 9.17) is 0 Å². The first-order chi connectivity index (χ1) is 11.3. The summed E-state index contributed by atoms with van der Waals surface area (Å²) in [6.45, 7) is 2.42. The highest BCUT2D eigenvalue weighted by Gasteiger charge is 2.21. The van der Waals surface area contributed by atoms with Gasteiger partial charge in [0.05, 0.1) is 0 Å². The number of hydrogen-bond acceptors (Lipinski definition) is 2. The first kappa shape index (κ1) is 15.0. The average molecular weight is 321 g/mol. The molecule has 4 rings (SSSR count). The molecule has 1 saturated heterocycles. The minimum atomic E-state index is 0.660. The van der Waals surface area contributed by atoms with Crippen LogP contribution >= 0.6 is 11.8 Å². The van der Waals surface area contributed by atoms with Crippen LogP contribution in [0.2, 0.25) is 0 Å². The Balaban J connectivity index is 1.83. The maximum Gasteiger partial charge on any atom is 0.0238 e. The van der Waals surface area contributed by atoms with Gasteiger partial charge in [0.25, 0.3) is 0 Å². The van der Waals surface area contributed by atoms with Gasteiger partial charge in [-0.1, -0.05) is 48.5 Å². The molecular formula is C21H23NS. The second kappa shape index (κ2) is 6.54. The molecule has 2 aromatic rings. The van der Waals surface area contributed by atoms with Crippen molar-refractivity contribution in [1.82, 2.24) is 4.90 Å². The molecule has 2 aliphatic rings. The molecule has 0 saturated carbocycles. The van der Waals surface area contributed by atoms with Gasteiger partial charge in [-0.05, 0) is 60.7 Å². The van der Waals surface area contributed by atoms with Gasteiger partial charge in [-0.3, -0.25) is 0 Å². The van der Waals surface area contributed by atoms with Crippen molar-refractivity contribution >= 4 is 17.3 Å². The van der Waals surface area contributed by atoms with Gasteiger partial charge >= 0.3 is 0 Å². The summed E-state index contributed by atoms with van der Waals surface area (Å²) in [6, 6.07) is 17.8. The van der Waals surface area contributed by atoms with Crippen molar-refractivity contribution in [3.8, 4) is 0 Å². The van der Waals surface area contributed by atoms with Gasteiger partial charge in [0.2, 0.25) is 0 Å². The summed E-state index contributed by atoms with van der Waals surface area (Å²) in [5.41, 5.74) is 5.75. The van der Waals surface area contributed by atoms with Gasteiger partial charge in [-0.15, -0.1) is 11.8 Å². The van der Waals surface area contributed by atoms with Crippen LogP contribution in [0.1, 0.15) is 29.5 Å². The Morgan fingerprint density at radius 2 is 1.83 bits per heavy atom. The second-order valence-corrected chi connectivity index (χ2v) is 7.70. The molecule has 0 radical (unpaired) electrons. The number of piperidine rings is 1. The third-order valence-electron chi connectivity index (χ3n) is 4.93. The standard InChI is InChI=1S/C21H23NS/c1-22-12-6-7-16(14-22)13-20-18-9-3-2-8-17(18)15-23-21-11-5-4-10-19(20)21/h2-5,8-11,13,16H,6-7,12,14-15H2,1H3/b20-13+. The van der Waals surface area contributed by atoms with Gasteiger partial charge < -0.3 is 4.90 Å². The summed E-state index contributed by atoms with van der Waals surface area (Å²) >= 11 is 1.97. The molecule has 2 heterocycles. The first-order valence-electron chi connectivity index (χ1n) is 8.52. The Kier molecular flexibility index (Phi) is 4.28. The number of rotatable bonds is 1. The first-order valence-corrected chi connectivity index (χ1v) is 9.50. The Hall–Kier alpha value is -1.51. The van der Waals surface area contributed by atoms with Crippen LogP contribution in [0, 0.1) is 5.92 Å². The van der Waals surface area contributed by atoms with Crippen molar-refractivity contribution in [3.05, 3.63) is 71.3 Å². The Morgan fingerprint density at radius 3 is 2.70 bits per heavy atom. The zero-order valence-corrected chi connectivity index (χ0v) is 14.5. The molecule has 1 unspecified atom stereocenters. The largest absolute Gasteiger partial charge is 0.306 e. The van der Waals surface area contributed by atoms with E-state index in [9.17, 15) is 0 Å². The van der Waals surface area contributed by atoms with E-state index in [-0.39, 0.29) is 0 Å². The fourth-order valence-corrected chi connectivity index (χ4v) is 4.85. The summed E-state index contributed by atoms with van der Waals surface area (Å²) in [4.78, 5) is 3.88. The fraction of sp³-hybridized carbons (Fsp3) is 0.333. The van der Waals surface area contributed by atoms with Crippen LogP contribution in [0.3, 0.4) is 0 Å². The van der Waals surface area contributed by atoms with Gasteiger partial charge in [0.15, 0.2) is 0 Å². The predicted octanol–water partition coefficient (Wildman–Crippen LogP) is 5.07. The summed E-state index contributed by atoms with van der Waals surface area (Å²) in [5.74, 6) is 1.72. The van der Waals surface area contributed by atoms with Crippen LogP contribution in [0.4, 0.5) is 0 Å². The second-order valence-electron chi connectivity index (χ2n) is 6.69. The van der Waals surface area contributed by atoms with Gasteiger partial charge in [-0.25, -0.2) is 0 Å². The number of likely N-dealkylation sites (tertiary alicyclic amines) is 1. The number of benzene rings is 2. The van der Waals surface area contributed by atoms with E-state index in [1.165, 1.54) is 53.1 Å². The highest BCUT2D eigenvalue weighted by atomic mass is 32.2.